The van der Waals surface area contributed by atoms with Gasteiger partial charge < -0.3 is 10.2 Å². The van der Waals surface area contributed by atoms with Gasteiger partial charge in [-0.1, -0.05) is 19.9 Å². The zero-order chi connectivity index (χ0) is 19.0. The lowest BCUT2D eigenvalue weighted by molar-refractivity contribution is -0.131. The summed E-state index contributed by atoms with van der Waals surface area (Å²) in [4.78, 5) is 19.0. The van der Waals surface area contributed by atoms with E-state index >= 15 is 0 Å². The zero-order valence-corrected chi connectivity index (χ0v) is 16.5. The van der Waals surface area contributed by atoms with Gasteiger partial charge in [0.2, 0.25) is 15.9 Å². The second-order valence-corrected chi connectivity index (χ2v) is 8.49. The Morgan fingerprint density at radius 2 is 2.00 bits per heavy atom. The first-order valence-corrected chi connectivity index (χ1v) is 11.0. The maximum absolute atomic E-state index is 13.0. The second-order valence-electron chi connectivity index (χ2n) is 6.52. The van der Waals surface area contributed by atoms with Crippen LogP contribution in [0.1, 0.15) is 38.8 Å². The fourth-order valence-corrected chi connectivity index (χ4v) is 4.79. The monoisotopic (exact) mass is 382 g/mol. The van der Waals surface area contributed by atoms with Gasteiger partial charge in [0.1, 0.15) is 5.75 Å². The van der Waals surface area contributed by atoms with Crippen molar-refractivity contribution in [1.82, 2.24) is 19.5 Å². The van der Waals surface area contributed by atoms with Gasteiger partial charge in [-0.05, 0) is 44.5 Å². The molecule has 0 radical (unpaired) electrons. The van der Waals surface area contributed by atoms with E-state index in [1.54, 1.807) is 24.9 Å². The molecule has 2 heterocycles. The van der Waals surface area contributed by atoms with Crippen LogP contribution in [-0.4, -0.2) is 66.5 Å². The van der Waals surface area contributed by atoms with E-state index in [4.69, 9.17) is 0 Å². The van der Waals surface area contributed by atoms with Crippen LogP contribution < -0.4 is 5.32 Å². The maximum atomic E-state index is 13.0. The standard InChI is InChI=1S/C18H30N4O3S/c1-3-21(4-2)26(24,25)15-18(23)22(14-16-8-5-6-12-20-16)17-9-7-11-19-13-10-17/h5-6,8,12,17,19H,3-4,7,9-11,13-15H2,1-2H3. The highest BCUT2D eigenvalue weighted by molar-refractivity contribution is 7.89. The van der Waals surface area contributed by atoms with Gasteiger partial charge in [-0.25, -0.2) is 12.7 Å². The zero-order valence-electron chi connectivity index (χ0n) is 15.7. The van der Waals surface area contributed by atoms with Gasteiger partial charge in [-0.2, -0.15) is 0 Å². The number of rotatable bonds is 8. The van der Waals surface area contributed by atoms with Gasteiger partial charge in [-0.3, -0.25) is 9.78 Å². The summed E-state index contributed by atoms with van der Waals surface area (Å²) in [5, 5.41) is 3.34. The molecule has 26 heavy (non-hydrogen) atoms. The van der Waals surface area contributed by atoms with Crippen LogP contribution in [0.2, 0.25) is 0 Å². The molecule has 0 saturated carbocycles. The number of carbonyl (C=O) groups excluding carboxylic acids is 1. The van der Waals surface area contributed by atoms with Crippen molar-refractivity contribution in [2.24, 2.45) is 0 Å². The molecule has 8 heteroatoms. The van der Waals surface area contributed by atoms with Crippen LogP contribution in [0.15, 0.2) is 24.4 Å². The van der Waals surface area contributed by atoms with E-state index in [9.17, 15) is 13.2 Å². The number of nitrogens with one attached hydrogen (secondary N) is 1. The Labute approximate surface area is 156 Å². The van der Waals surface area contributed by atoms with Crippen LogP contribution in [0.5, 0.6) is 0 Å². The Balaban J connectivity index is 2.19. The van der Waals surface area contributed by atoms with Crippen LogP contribution in [0.3, 0.4) is 0 Å². The summed E-state index contributed by atoms with van der Waals surface area (Å²) < 4.78 is 26.5. The van der Waals surface area contributed by atoms with E-state index in [2.05, 4.69) is 10.3 Å². The molecule has 0 bridgehead atoms. The Morgan fingerprint density at radius 3 is 2.65 bits per heavy atom. The Bertz CT molecular complexity index is 654. The van der Waals surface area contributed by atoms with Crippen molar-refractivity contribution in [2.75, 3.05) is 31.9 Å². The van der Waals surface area contributed by atoms with E-state index in [1.807, 2.05) is 18.2 Å². The molecule has 1 saturated heterocycles. The van der Waals surface area contributed by atoms with E-state index in [1.165, 1.54) is 4.31 Å². The molecule has 146 valence electrons. The Kier molecular flexibility index (Phi) is 7.99. The molecule has 0 aliphatic carbocycles. The first-order chi connectivity index (χ1) is 12.5. The molecule has 1 aromatic heterocycles. The van der Waals surface area contributed by atoms with Crippen LogP contribution in [0, 0.1) is 0 Å². The minimum Gasteiger partial charge on any atom is -0.333 e. The van der Waals surface area contributed by atoms with Crippen molar-refractivity contribution in [3.63, 3.8) is 0 Å². The topological polar surface area (TPSA) is 82.6 Å². The van der Waals surface area contributed by atoms with Crippen molar-refractivity contribution in [1.29, 1.82) is 0 Å². The molecular weight excluding hydrogens is 352 g/mol. The number of amides is 1. The molecule has 1 aliphatic rings. The number of aromatic nitrogens is 1. The summed E-state index contributed by atoms with van der Waals surface area (Å²) in [6, 6.07) is 5.61. The van der Waals surface area contributed by atoms with E-state index < -0.39 is 15.8 Å². The summed E-state index contributed by atoms with van der Waals surface area (Å²) in [5.41, 5.74) is 0.776. The summed E-state index contributed by atoms with van der Waals surface area (Å²) in [6.07, 6.45) is 4.36. The Morgan fingerprint density at radius 1 is 1.23 bits per heavy atom. The van der Waals surface area contributed by atoms with Gasteiger partial charge in [0.05, 0.1) is 12.2 Å². The van der Waals surface area contributed by atoms with Crippen LogP contribution in [0.4, 0.5) is 0 Å². The predicted molar refractivity (Wildman–Crippen MR) is 102 cm³/mol. The number of pyridine rings is 1. The van der Waals surface area contributed by atoms with E-state index in [-0.39, 0.29) is 11.9 Å². The van der Waals surface area contributed by atoms with Crippen LogP contribution in [-0.2, 0) is 21.4 Å². The molecule has 1 N–H and O–H groups in total. The summed E-state index contributed by atoms with van der Waals surface area (Å²) in [6.45, 7) is 6.43. The van der Waals surface area contributed by atoms with Crippen molar-refractivity contribution in [3.8, 4) is 0 Å². The average molecular weight is 383 g/mol. The lowest BCUT2D eigenvalue weighted by Crippen LogP contribution is -2.46. The molecule has 1 amide bonds. The summed E-state index contributed by atoms with van der Waals surface area (Å²) in [7, 11) is -3.60. The first kappa shape index (κ1) is 20.8. The largest absolute Gasteiger partial charge is 0.333 e. The quantitative estimate of drug-likeness (QED) is 0.731. The number of carbonyl (C=O) groups is 1. The molecule has 2 rings (SSSR count). The van der Waals surface area contributed by atoms with Gasteiger partial charge in [0.25, 0.3) is 0 Å². The fraction of sp³-hybridized carbons (Fsp3) is 0.667. The lowest BCUT2D eigenvalue weighted by Gasteiger charge is -2.31. The third-order valence-electron chi connectivity index (χ3n) is 4.77. The lowest BCUT2D eigenvalue weighted by atomic mass is 10.1. The minimum absolute atomic E-state index is 0.0337. The molecule has 1 atom stereocenters. The van der Waals surface area contributed by atoms with Gasteiger partial charge in [0, 0.05) is 25.3 Å². The van der Waals surface area contributed by atoms with Crippen molar-refractivity contribution in [2.45, 2.75) is 45.7 Å². The average Bonchev–Trinajstić information content (AvgIpc) is 2.90. The number of sulfonamides is 1. The van der Waals surface area contributed by atoms with Crippen LogP contribution in [0.25, 0.3) is 0 Å². The molecule has 0 aromatic carbocycles. The number of nitrogens with zero attached hydrogens (tertiary/aromatic N) is 3. The van der Waals surface area contributed by atoms with Crippen molar-refractivity contribution in [3.05, 3.63) is 30.1 Å². The minimum atomic E-state index is -3.60. The molecule has 0 spiro atoms. The SMILES string of the molecule is CCN(CC)S(=O)(=O)CC(=O)N(Cc1ccccn1)C1CCCNCC1. The normalized spacial score (nSPS) is 18.5. The summed E-state index contributed by atoms with van der Waals surface area (Å²) in [5.74, 6) is -0.819. The maximum Gasteiger partial charge on any atom is 0.239 e. The molecule has 1 aromatic rings. The number of hydrogen-bond acceptors (Lipinski definition) is 5. The third-order valence-corrected chi connectivity index (χ3v) is 6.68. The van der Waals surface area contributed by atoms with Crippen LogP contribution >= 0.6 is 0 Å². The molecule has 1 unspecified atom stereocenters. The highest BCUT2D eigenvalue weighted by Gasteiger charge is 2.30. The van der Waals surface area contributed by atoms with Crippen molar-refractivity contribution < 1.29 is 13.2 Å². The highest BCUT2D eigenvalue weighted by atomic mass is 32.2. The molecule has 1 fully saturated rings. The highest BCUT2D eigenvalue weighted by Crippen LogP contribution is 2.18. The van der Waals surface area contributed by atoms with E-state index in [0.717, 1.165) is 38.0 Å². The Hall–Kier alpha value is -1.51. The molecular formula is C18H30N4O3S. The predicted octanol–water partition coefficient (Wildman–Crippen LogP) is 1.22. The fourth-order valence-electron chi connectivity index (χ4n) is 3.35. The molecule has 7 nitrogen and oxygen atoms in total. The molecule has 1 aliphatic heterocycles. The third kappa shape index (κ3) is 5.75. The smallest absolute Gasteiger partial charge is 0.239 e. The van der Waals surface area contributed by atoms with Crippen molar-refractivity contribution >= 4 is 15.9 Å². The number of hydrogen-bond donors (Lipinski definition) is 1. The summed E-state index contributed by atoms with van der Waals surface area (Å²) >= 11 is 0. The van der Waals surface area contributed by atoms with Gasteiger partial charge >= 0.3 is 0 Å². The van der Waals surface area contributed by atoms with Gasteiger partial charge in [0.15, 0.2) is 0 Å². The van der Waals surface area contributed by atoms with Gasteiger partial charge in [-0.15, -0.1) is 0 Å². The first-order valence-electron chi connectivity index (χ1n) is 9.35. The van der Waals surface area contributed by atoms with E-state index in [0.29, 0.717) is 19.6 Å². The second kappa shape index (κ2) is 9.99.